The molecule has 2 heterocycles. The van der Waals surface area contributed by atoms with E-state index in [-0.39, 0.29) is 18.4 Å². The minimum atomic E-state index is -0.808. The minimum Gasteiger partial charge on any atom is -0.371 e. The topological polar surface area (TPSA) is 81.8 Å². The molecule has 30 heavy (non-hydrogen) atoms. The number of anilines is 2. The van der Waals surface area contributed by atoms with Crippen LogP contribution in [0.3, 0.4) is 0 Å². The highest BCUT2D eigenvalue weighted by molar-refractivity contribution is 6.10. The second-order valence-corrected chi connectivity index (χ2v) is 9.19. The lowest BCUT2D eigenvalue weighted by molar-refractivity contribution is -0.135. The number of benzene rings is 1. The van der Waals surface area contributed by atoms with E-state index in [1.54, 1.807) is 0 Å². The third-order valence-corrected chi connectivity index (χ3v) is 7.02. The van der Waals surface area contributed by atoms with Crippen molar-refractivity contribution in [3.63, 3.8) is 0 Å². The smallest absolute Gasteiger partial charge is 0.325 e. The molecule has 1 atom stereocenters. The maximum atomic E-state index is 13.0. The van der Waals surface area contributed by atoms with Gasteiger partial charge in [-0.1, -0.05) is 20.3 Å². The van der Waals surface area contributed by atoms with Crippen LogP contribution in [-0.2, 0) is 9.59 Å². The van der Waals surface area contributed by atoms with E-state index in [4.69, 9.17) is 0 Å². The first kappa shape index (κ1) is 20.7. The maximum Gasteiger partial charge on any atom is 0.325 e. The average molecular weight is 413 g/mol. The number of urea groups is 1. The van der Waals surface area contributed by atoms with E-state index >= 15 is 0 Å². The highest BCUT2D eigenvalue weighted by Gasteiger charge is 2.52. The zero-order valence-corrected chi connectivity index (χ0v) is 17.9. The molecule has 2 N–H and O–H groups in total. The summed E-state index contributed by atoms with van der Waals surface area (Å²) in [5.74, 6) is 0.703. The number of carbonyl (C=O) groups excluding carboxylic acids is 3. The number of hydrogen-bond acceptors (Lipinski definition) is 4. The van der Waals surface area contributed by atoms with Gasteiger partial charge in [-0.2, -0.15) is 0 Å². The van der Waals surface area contributed by atoms with Gasteiger partial charge in [0.1, 0.15) is 12.1 Å². The minimum absolute atomic E-state index is 0.254. The first-order valence-electron chi connectivity index (χ1n) is 11.2. The lowest BCUT2D eigenvalue weighted by Crippen LogP contribution is -2.49. The Morgan fingerprint density at radius 1 is 1.17 bits per heavy atom. The predicted octanol–water partition coefficient (Wildman–Crippen LogP) is 3.36. The van der Waals surface area contributed by atoms with Crippen molar-refractivity contribution in [1.82, 2.24) is 10.2 Å². The van der Waals surface area contributed by atoms with Crippen LogP contribution in [-0.4, -0.2) is 47.9 Å². The Morgan fingerprint density at radius 2 is 1.87 bits per heavy atom. The summed E-state index contributed by atoms with van der Waals surface area (Å²) in [5, 5.41) is 5.69. The predicted molar refractivity (Wildman–Crippen MR) is 116 cm³/mol. The van der Waals surface area contributed by atoms with E-state index < -0.39 is 11.6 Å². The lowest BCUT2D eigenvalue weighted by atomic mass is 9.75. The molecule has 0 aromatic heterocycles. The van der Waals surface area contributed by atoms with Crippen LogP contribution in [0.4, 0.5) is 16.2 Å². The van der Waals surface area contributed by atoms with Gasteiger partial charge in [-0.05, 0) is 68.2 Å². The fraction of sp³-hybridized carbons (Fsp3) is 0.609. The Hall–Kier alpha value is -2.57. The van der Waals surface area contributed by atoms with Crippen molar-refractivity contribution in [2.75, 3.05) is 29.9 Å². The van der Waals surface area contributed by atoms with E-state index in [1.165, 1.54) is 6.42 Å². The molecular weight excluding hydrogens is 380 g/mol. The van der Waals surface area contributed by atoms with Crippen LogP contribution in [0.1, 0.15) is 52.4 Å². The lowest BCUT2D eigenvalue weighted by Gasteiger charge is -2.34. The largest absolute Gasteiger partial charge is 0.371 e. The van der Waals surface area contributed by atoms with Gasteiger partial charge < -0.3 is 15.5 Å². The molecule has 0 radical (unpaired) electrons. The zero-order valence-electron chi connectivity index (χ0n) is 17.9. The number of rotatable bonds is 5. The molecule has 1 spiro atoms. The molecule has 0 bridgehead atoms. The summed E-state index contributed by atoms with van der Waals surface area (Å²) < 4.78 is 0. The summed E-state index contributed by atoms with van der Waals surface area (Å²) in [5.41, 5.74) is 1.01. The molecule has 162 valence electrons. The Labute approximate surface area is 178 Å². The summed E-state index contributed by atoms with van der Waals surface area (Å²) in [6.45, 7) is 6.27. The summed E-state index contributed by atoms with van der Waals surface area (Å²) in [6, 6.07) is 7.29. The highest BCUT2D eigenvalue weighted by atomic mass is 16.2. The van der Waals surface area contributed by atoms with E-state index in [1.807, 2.05) is 24.3 Å². The van der Waals surface area contributed by atoms with Crippen LogP contribution in [0, 0.1) is 11.8 Å². The first-order valence-corrected chi connectivity index (χ1v) is 11.2. The maximum absolute atomic E-state index is 13.0. The molecule has 2 aliphatic heterocycles. The Balaban J connectivity index is 1.34. The van der Waals surface area contributed by atoms with E-state index in [9.17, 15) is 14.4 Å². The summed E-state index contributed by atoms with van der Waals surface area (Å²) in [4.78, 5) is 41.3. The van der Waals surface area contributed by atoms with Crippen LogP contribution < -0.4 is 15.5 Å². The van der Waals surface area contributed by atoms with Gasteiger partial charge in [-0.3, -0.25) is 14.5 Å². The number of amides is 4. The molecule has 4 amide bonds. The van der Waals surface area contributed by atoms with Gasteiger partial charge in [0.15, 0.2) is 0 Å². The molecule has 1 aliphatic carbocycles. The summed E-state index contributed by atoms with van der Waals surface area (Å²) in [7, 11) is 0. The fourth-order valence-corrected chi connectivity index (χ4v) is 5.01. The monoisotopic (exact) mass is 412 g/mol. The van der Waals surface area contributed by atoms with E-state index in [0.717, 1.165) is 42.9 Å². The molecule has 3 aliphatic rings. The van der Waals surface area contributed by atoms with Crippen LogP contribution >= 0.6 is 0 Å². The van der Waals surface area contributed by atoms with Crippen LogP contribution in [0.25, 0.3) is 0 Å². The number of nitrogens with one attached hydrogen (secondary N) is 2. The van der Waals surface area contributed by atoms with E-state index in [2.05, 4.69) is 29.4 Å². The Morgan fingerprint density at radius 3 is 2.47 bits per heavy atom. The third kappa shape index (κ3) is 4.02. The zero-order chi connectivity index (χ0) is 21.3. The Kier molecular flexibility index (Phi) is 5.71. The quantitative estimate of drug-likeness (QED) is 0.727. The SMILES string of the molecule is CCC1CCC2(CC1)NC(=O)N(CC(=O)Nc1ccc(N3CCC(C)C3)cc1)C2=O. The molecule has 3 fully saturated rings. The molecule has 2 saturated heterocycles. The van der Waals surface area contributed by atoms with Gasteiger partial charge >= 0.3 is 6.03 Å². The van der Waals surface area contributed by atoms with Crippen molar-refractivity contribution in [2.45, 2.75) is 57.9 Å². The average Bonchev–Trinajstić information content (AvgIpc) is 3.26. The molecular formula is C23H32N4O3. The van der Waals surface area contributed by atoms with Gasteiger partial charge in [0.05, 0.1) is 0 Å². The van der Waals surface area contributed by atoms with Crippen LogP contribution in [0.2, 0.25) is 0 Å². The molecule has 1 unspecified atom stereocenters. The van der Waals surface area contributed by atoms with Gasteiger partial charge in [-0.25, -0.2) is 4.79 Å². The third-order valence-electron chi connectivity index (χ3n) is 7.02. The van der Waals surface area contributed by atoms with Crippen LogP contribution in [0.5, 0.6) is 0 Å². The number of imide groups is 1. The summed E-state index contributed by atoms with van der Waals surface area (Å²) >= 11 is 0. The summed E-state index contributed by atoms with van der Waals surface area (Å²) in [6.07, 6.45) is 5.48. The molecule has 1 aromatic rings. The molecule has 7 nitrogen and oxygen atoms in total. The van der Waals surface area contributed by atoms with Crippen molar-refractivity contribution < 1.29 is 14.4 Å². The van der Waals surface area contributed by atoms with Gasteiger partial charge in [0, 0.05) is 24.5 Å². The second kappa shape index (κ2) is 8.28. The normalized spacial score (nSPS) is 28.9. The second-order valence-electron chi connectivity index (χ2n) is 9.19. The van der Waals surface area contributed by atoms with Crippen LogP contribution in [0.15, 0.2) is 24.3 Å². The van der Waals surface area contributed by atoms with Gasteiger partial charge in [0.25, 0.3) is 5.91 Å². The highest BCUT2D eigenvalue weighted by Crippen LogP contribution is 2.37. The van der Waals surface area contributed by atoms with Crippen molar-refractivity contribution in [3.8, 4) is 0 Å². The van der Waals surface area contributed by atoms with E-state index in [0.29, 0.717) is 30.4 Å². The van der Waals surface area contributed by atoms with Crippen molar-refractivity contribution in [1.29, 1.82) is 0 Å². The molecule has 1 saturated carbocycles. The van der Waals surface area contributed by atoms with Gasteiger partial charge in [-0.15, -0.1) is 0 Å². The number of carbonyl (C=O) groups is 3. The van der Waals surface area contributed by atoms with Crippen molar-refractivity contribution in [2.24, 2.45) is 11.8 Å². The molecule has 1 aromatic carbocycles. The first-order chi connectivity index (χ1) is 14.4. The Bertz CT molecular complexity index is 814. The molecule has 7 heteroatoms. The standard InChI is InChI=1S/C23H32N4O3/c1-3-17-8-11-23(12-9-17)21(29)27(22(30)25-23)15-20(28)24-18-4-6-19(7-5-18)26-13-10-16(2)14-26/h4-7,16-17H,3,8-15H2,1-2H3,(H,24,28)(H,25,30). The number of hydrogen-bond donors (Lipinski definition) is 2. The van der Waals surface area contributed by atoms with Crippen molar-refractivity contribution in [3.05, 3.63) is 24.3 Å². The molecule has 4 rings (SSSR count). The van der Waals surface area contributed by atoms with Crippen molar-refractivity contribution >= 4 is 29.2 Å². The fourth-order valence-electron chi connectivity index (χ4n) is 5.01. The van der Waals surface area contributed by atoms with Gasteiger partial charge in [0.2, 0.25) is 5.91 Å². The number of nitrogens with zero attached hydrogens (tertiary/aromatic N) is 2.